The van der Waals surface area contributed by atoms with Crippen molar-refractivity contribution in [2.75, 3.05) is 6.61 Å². The van der Waals surface area contributed by atoms with E-state index >= 15 is 0 Å². The molecular formula is C31H52O4Si2. The van der Waals surface area contributed by atoms with Gasteiger partial charge in [-0.15, -0.1) is 0 Å². The molecule has 3 rings (SSSR count). The monoisotopic (exact) mass is 544 g/mol. The molecule has 2 fully saturated rings. The fourth-order valence-electron chi connectivity index (χ4n) is 6.58. The highest BCUT2D eigenvalue weighted by Gasteiger charge is 2.62. The van der Waals surface area contributed by atoms with E-state index in [0.717, 1.165) is 13.0 Å². The zero-order chi connectivity index (χ0) is 27.8. The van der Waals surface area contributed by atoms with Crippen LogP contribution in [0.5, 0.6) is 0 Å². The highest BCUT2D eigenvalue weighted by atomic mass is 28.3. The van der Waals surface area contributed by atoms with Crippen LogP contribution in [0.25, 0.3) is 0 Å². The number of rotatable bonds is 9. The molecule has 2 aliphatic rings. The number of carbonyl (C=O) groups excluding carboxylic acids is 1. The Bertz CT molecular complexity index is 959. The Morgan fingerprint density at radius 2 is 1.78 bits per heavy atom. The Labute approximate surface area is 230 Å². The molecule has 0 amide bonds. The summed E-state index contributed by atoms with van der Waals surface area (Å²) in [5, 5.41) is 0. The molecule has 0 bridgehead atoms. The highest BCUT2D eigenvalue weighted by Crippen LogP contribution is 2.58. The number of ether oxygens (including phenoxy) is 1. The Morgan fingerprint density at radius 1 is 1.11 bits per heavy atom. The number of fused-ring (bicyclic) bond motifs is 1. The molecule has 37 heavy (non-hydrogen) atoms. The summed E-state index contributed by atoms with van der Waals surface area (Å²) in [7, 11) is -2.57. The SMILES string of the molecule is Cc1cccc([C@H](CO[SiH](C)C)[C@@H](C=C[C@H]2C3CC(=O)O[C@]3(O[SiH](C)C)C[C@H]2C(C)(C)C)C(C)(C)C)c1. The maximum Gasteiger partial charge on any atom is 0.308 e. The van der Waals surface area contributed by atoms with Crippen molar-refractivity contribution in [3.63, 3.8) is 0 Å². The van der Waals surface area contributed by atoms with E-state index in [1.54, 1.807) is 0 Å². The maximum absolute atomic E-state index is 12.6. The molecule has 1 aromatic carbocycles. The van der Waals surface area contributed by atoms with Crippen LogP contribution in [0.15, 0.2) is 36.4 Å². The van der Waals surface area contributed by atoms with Crippen LogP contribution >= 0.6 is 0 Å². The lowest BCUT2D eigenvalue weighted by atomic mass is 9.68. The van der Waals surface area contributed by atoms with Gasteiger partial charge in [0.15, 0.2) is 18.1 Å². The second kappa shape index (κ2) is 11.5. The lowest BCUT2D eigenvalue weighted by Gasteiger charge is -2.37. The van der Waals surface area contributed by atoms with Gasteiger partial charge in [0.05, 0.1) is 6.42 Å². The molecule has 0 aromatic heterocycles. The topological polar surface area (TPSA) is 44.8 Å². The van der Waals surface area contributed by atoms with Gasteiger partial charge in [0, 0.05) is 24.9 Å². The molecule has 1 unspecified atom stereocenters. The number of esters is 1. The fraction of sp³-hybridized carbons (Fsp3) is 0.710. The van der Waals surface area contributed by atoms with Crippen molar-refractivity contribution in [2.24, 2.45) is 34.5 Å². The maximum atomic E-state index is 12.6. The molecule has 1 saturated heterocycles. The van der Waals surface area contributed by atoms with Crippen LogP contribution in [-0.4, -0.2) is 36.4 Å². The zero-order valence-electron chi connectivity index (χ0n) is 25.3. The second-order valence-electron chi connectivity index (χ2n) is 14.2. The van der Waals surface area contributed by atoms with E-state index in [1.807, 2.05) is 0 Å². The minimum absolute atomic E-state index is 0.0447. The fourth-order valence-corrected chi connectivity index (χ4v) is 8.29. The van der Waals surface area contributed by atoms with Crippen molar-refractivity contribution < 1.29 is 18.4 Å². The smallest absolute Gasteiger partial charge is 0.308 e. The number of hydrogen-bond acceptors (Lipinski definition) is 4. The standard InChI is InChI=1S/C31H52O4Si2/c1-21-13-12-14-22(17-21)24(20-33-36(8)9)25(29(2,3)4)16-15-23-26-18-28(32)34-31(26,35-37(10)11)19-27(23)30(5,6)7/h12-17,23-27,36-37H,18-20H2,1-11H3/t23-,24-,25+,26?,27+,31-/m0/s1. The number of hydrogen-bond donors (Lipinski definition) is 0. The average Bonchev–Trinajstić information content (AvgIpc) is 3.19. The quantitative estimate of drug-likeness (QED) is 0.187. The molecule has 0 N–H and O–H groups in total. The zero-order valence-corrected chi connectivity index (χ0v) is 27.6. The van der Waals surface area contributed by atoms with E-state index in [0.29, 0.717) is 12.3 Å². The molecule has 0 radical (unpaired) electrons. The third kappa shape index (κ3) is 7.26. The Kier molecular flexibility index (Phi) is 9.42. The van der Waals surface area contributed by atoms with Gasteiger partial charge >= 0.3 is 5.97 Å². The molecule has 1 aliphatic heterocycles. The van der Waals surface area contributed by atoms with Crippen molar-refractivity contribution in [3.8, 4) is 0 Å². The van der Waals surface area contributed by atoms with Crippen molar-refractivity contribution >= 4 is 24.0 Å². The van der Waals surface area contributed by atoms with Gasteiger partial charge in [-0.1, -0.05) is 83.5 Å². The van der Waals surface area contributed by atoms with E-state index in [9.17, 15) is 4.79 Å². The minimum Gasteiger partial charge on any atom is -0.434 e. The van der Waals surface area contributed by atoms with Crippen LogP contribution in [0.4, 0.5) is 0 Å². The molecule has 4 nitrogen and oxygen atoms in total. The van der Waals surface area contributed by atoms with Gasteiger partial charge in [-0.25, -0.2) is 0 Å². The van der Waals surface area contributed by atoms with Crippen LogP contribution < -0.4 is 0 Å². The van der Waals surface area contributed by atoms with E-state index in [2.05, 4.69) is 111 Å². The van der Waals surface area contributed by atoms with Gasteiger partial charge in [-0.2, -0.15) is 0 Å². The molecule has 1 saturated carbocycles. The molecule has 1 aromatic rings. The number of aryl methyl sites for hydroxylation is 1. The molecule has 1 aliphatic carbocycles. The average molecular weight is 545 g/mol. The largest absolute Gasteiger partial charge is 0.434 e. The summed E-state index contributed by atoms with van der Waals surface area (Å²) in [6.45, 7) is 25.7. The van der Waals surface area contributed by atoms with Crippen LogP contribution in [0.1, 0.15) is 71.4 Å². The van der Waals surface area contributed by atoms with Crippen molar-refractivity contribution in [3.05, 3.63) is 47.5 Å². The van der Waals surface area contributed by atoms with Gasteiger partial charge < -0.3 is 13.6 Å². The van der Waals surface area contributed by atoms with Gasteiger partial charge in [0.2, 0.25) is 5.79 Å². The van der Waals surface area contributed by atoms with E-state index in [1.165, 1.54) is 11.1 Å². The molecule has 6 atom stereocenters. The summed E-state index contributed by atoms with van der Waals surface area (Å²) in [5.74, 6) is 0.402. The van der Waals surface area contributed by atoms with Crippen molar-refractivity contribution in [1.82, 2.24) is 0 Å². The summed E-state index contributed by atoms with van der Waals surface area (Å²) in [6, 6.07) is 8.93. The predicted molar refractivity (Wildman–Crippen MR) is 159 cm³/mol. The van der Waals surface area contributed by atoms with Crippen LogP contribution in [0, 0.1) is 41.4 Å². The Morgan fingerprint density at radius 3 is 2.32 bits per heavy atom. The third-order valence-corrected chi connectivity index (χ3v) is 10.0. The van der Waals surface area contributed by atoms with E-state index in [4.69, 9.17) is 13.6 Å². The first-order chi connectivity index (χ1) is 17.0. The highest BCUT2D eigenvalue weighted by molar-refractivity contribution is 6.48. The van der Waals surface area contributed by atoms with Gasteiger partial charge in [-0.3, -0.25) is 4.79 Å². The molecule has 1 heterocycles. The predicted octanol–water partition coefficient (Wildman–Crippen LogP) is 7.24. The van der Waals surface area contributed by atoms with E-state index in [-0.39, 0.29) is 40.5 Å². The van der Waals surface area contributed by atoms with Crippen LogP contribution in [-0.2, 0) is 18.4 Å². The lowest BCUT2D eigenvalue weighted by molar-refractivity contribution is -0.186. The molecule has 0 spiro atoms. The number of allylic oxidation sites excluding steroid dienone is 2. The Balaban J connectivity index is 2.04. The van der Waals surface area contributed by atoms with E-state index < -0.39 is 23.9 Å². The van der Waals surface area contributed by atoms with Crippen molar-refractivity contribution in [1.29, 1.82) is 0 Å². The van der Waals surface area contributed by atoms with Gasteiger partial charge in [0.1, 0.15) is 0 Å². The number of carbonyl (C=O) groups is 1. The molecular weight excluding hydrogens is 493 g/mol. The Hall–Kier alpha value is -1.22. The summed E-state index contributed by atoms with van der Waals surface area (Å²) in [4.78, 5) is 12.6. The first-order valence-corrected chi connectivity index (χ1v) is 19.9. The van der Waals surface area contributed by atoms with Gasteiger partial charge in [-0.05, 0) is 67.3 Å². The number of benzene rings is 1. The summed E-state index contributed by atoms with van der Waals surface area (Å²) >= 11 is 0. The third-order valence-electron chi connectivity index (χ3n) is 8.27. The first-order valence-electron chi connectivity index (χ1n) is 14.3. The van der Waals surface area contributed by atoms with Crippen LogP contribution in [0.2, 0.25) is 26.2 Å². The van der Waals surface area contributed by atoms with Crippen LogP contribution in [0.3, 0.4) is 0 Å². The lowest BCUT2D eigenvalue weighted by Crippen LogP contribution is -2.39. The second-order valence-corrected chi connectivity index (χ2v) is 19.0. The van der Waals surface area contributed by atoms with Crippen molar-refractivity contribution in [2.45, 2.75) is 99.2 Å². The summed E-state index contributed by atoms with van der Waals surface area (Å²) < 4.78 is 19.0. The van der Waals surface area contributed by atoms with Gasteiger partial charge in [0.25, 0.3) is 0 Å². The first kappa shape index (κ1) is 30.3. The molecule has 208 valence electrons. The minimum atomic E-state index is -1.41. The summed E-state index contributed by atoms with van der Waals surface area (Å²) in [6.07, 6.45) is 6.15. The normalized spacial score (nSPS) is 28.2. The summed E-state index contributed by atoms with van der Waals surface area (Å²) in [5.41, 5.74) is 2.76. The molecule has 6 heteroatoms.